The molecule has 1 saturated carbocycles. The van der Waals surface area contributed by atoms with E-state index >= 15 is 0 Å². The van der Waals surface area contributed by atoms with Crippen LogP contribution in [0.3, 0.4) is 0 Å². The van der Waals surface area contributed by atoms with Gasteiger partial charge in [-0.3, -0.25) is 9.78 Å². The van der Waals surface area contributed by atoms with Crippen molar-refractivity contribution in [2.24, 2.45) is 17.8 Å². The summed E-state index contributed by atoms with van der Waals surface area (Å²) in [7, 11) is 0. The zero-order valence-electron chi connectivity index (χ0n) is 13.6. The maximum absolute atomic E-state index is 13.1. The zero-order chi connectivity index (χ0) is 18.0. The molecule has 0 radical (unpaired) electrons. The minimum absolute atomic E-state index is 0.210. The van der Waals surface area contributed by atoms with Crippen LogP contribution in [0, 0.1) is 17.8 Å². The Hall–Kier alpha value is -2.06. The number of carbonyl (C=O) groups is 1. The maximum Gasteiger partial charge on any atom is 0.394 e. The van der Waals surface area contributed by atoms with Crippen LogP contribution in [0.2, 0.25) is 0 Å². The molecule has 1 N–H and O–H groups in total. The number of rotatable bonds is 5. The highest BCUT2D eigenvalue weighted by atomic mass is 19.4. The second-order valence-electron chi connectivity index (χ2n) is 6.67. The number of nitrogens with zero attached hydrogens (tertiary/aromatic N) is 3. The highest BCUT2D eigenvalue weighted by Gasteiger charge is 2.52. The third kappa shape index (κ3) is 4.13. The van der Waals surface area contributed by atoms with E-state index in [1.165, 1.54) is 30.1 Å². The largest absolute Gasteiger partial charge is 0.481 e. The Labute approximate surface area is 143 Å². The van der Waals surface area contributed by atoms with Crippen LogP contribution in [0.15, 0.2) is 12.4 Å². The van der Waals surface area contributed by atoms with Gasteiger partial charge in [-0.05, 0) is 18.8 Å². The van der Waals surface area contributed by atoms with E-state index in [4.69, 9.17) is 9.84 Å². The van der Waals surface area contributed by atoms with Gasteiger partial charge in [-0.2, -0.15) is 18.2 Å². The quantitative estimate of drug-likeness (QED) is 0.871. The van der Waals surface area contributed by atoms with E-state index in [1.54, 1.807) is 0 Å². The van der Waals surface area contributed by atoms with Gasteiger partial charge in [-0.15, -0.1) is 0 Å². The first-order valence-electron chi connectivity index (χ1n) is 8.34. The molecule has 9 heteroatoms. The molecule has 6 nitrogen and oxygen atoms in total. The van der Waals surface area contributed by atoms with Crippen LogP contribution in [0.1, 0.15) is 25.7 Å². The molecule has 1 aromatic rings. The molecule has 2 atom stereocenters. The molecule has 0 amide bonds. The molecule has 1 aromatic heterocycles. The Morgan fingerprint density at radius 1 is 1.28 bits per heavy atom. The number of halogens is 3. The van der Waals surface area contributed by atoms with E-state index < -0.39 is 30.5 Å². The van der Waals surface area contributed by atoms with Crippen molar-refractivity contribution < 1.29 is 27.8 Å². The van der Waals surface area contributed by atoms with Gasteiger partial charge in [0.05, 0.1) is 30.8 Å². The molecule has 0 unspecified atom stereocenters. The van der Waals surface area contributed by atoms with Gasteiger partial charge in [0.2, 0.25) is 5.88 Å². The third-order valence-electron chi connectivity index (χ3n) is 4.92. The van der Waals surface area contributed by atoms with Gasteiger partial charge in [0.1, 0.15) is 0 Å². The average Bonchev–Trinajstić information content (AvgIpc) is 3.22. The van der Waals surface area contributed by atoms with E-state index in [2.05, 4.69) is 9.97 Å². The summed E-state index contributed by atoms with van der Waals surface area (Å²) in [5.74, 6) is -3.94. The summed E-state index contributed by atoms with van der Waals surface area (Å²) < 4.78 is 44.9. The number of aromatic nitrogens is 2. The van der Waals surface area contributed by atoms with Crippen molar-refractivity contribution in [3.8, 4) is 5.88 Å². The molecule has 1 aliphatic heterocycles. The predicted octanol–water partition coefficient (Wildman–Crippen LogP) is 2.74. The van der Waals surface area contributed by atoms with Crippen molar-refractivity contribution in [2.75, 3.05) is 24.6 Å². The highest BCUT2D eigenvalue weighted by Crippen LogP contribution is 2.39. The second kappa shape index (κ2) is 7.05. The summed E-state index contributed by atoms with van der Waals surface area (Å²) in [6.45, 7) is -0.178. The van der Waals surface area contributed by atoms with Gasteiger partial charge in [-0.25, -0.2) is 0 Å². The maximum atomic E-state index is 13.1. The molecule has 2 heterocycles. The van der Waals surface area contributed by atoms with Crippen LogP contribution in [-0.4, -0.2) is 46.9 Å². The van der Waals surface area contributed by atoms with E-state index in [9.17, 15) is 18.0 Å². The van der Waals surface area contributed by atoms with Gasteiger partial charge in [0.15, 0.2) is 5.82 Å². The minimum atomic E-state index is -4.57. The monoisotopic (exact) mass is 359 g/mol. The first-order valence-corrected chi connectivity index (χ1v) is 8.34. The molecular weight excluding hydrogens is 339 g/mol. The Kier molecular flexibility index (Phi) is 5.01. The lowest BCUT2D eigenvalue weighted by Gasteiger charge is -2.19. The van der Waals surface area contributed by atoms with E-state index in [-0.39, 0.29) is 18.2 Å². The number of aliphatic carboxylic acids is 1. The van der Waals surface area contributed by atoms with Crippen molar-refractivity contribution in [2.45, 2.75) is 31.9 Å². The summed E-state index contributed by atoms with van der Waals surface area (Å²) in [6.07, 6.45) is 2.76. The first-order chi connectivity index (χ1) is 11.8. The fourth-order valence-corrected chi connectivity index (χ4v) is 3.51. The van der Waals surface area contributed by atoms with Gasteiger partial charge in [0.25, 0.3) is 0 Å². The number of alkyl halides is 3. The lowest BCUT2D eigenvalue weighted by Crippen LogP contribution is -2.33. The van der Waals surface area contributed by atoms with Gasteiger partial charge >= 0.3 is 12.1 Å². The molecule has 2 aliphatic rings. The molecule has 3 rings (SSSR count). The molecule has 1 saturated heterocycles. The number of hydrogen-bond acceptors (Lipinski definition) is 5. The van der Waals surface area contributed by atoms with E-state index in [1.807, 2.05) is 0 Å². The topological polar surface area (TPSA) is 75.5 Å². The lowest BCUT2D eigenvalue weighted by atomic mass is 9.96. The smallest absolute Gasteiger partial charge is 0.394 e. The molecule has 0 bridgehead atoms. The molecule has 25 heavy (non-hydrogen) atoms. The number of carboxylic acids is 1. The minimum Gasteiger partial charge on any atom is -0.481 e. The Morgan fingerprint density at radius 2 is 2.00 bits per heavy atom. The highest BCUT2D eigenvalue weighted by molar-refractivity contribution is 5.72. The van der Waals surface area contributed by atoms with Crippen LogP contribution < -0.4 is 9.64 Å². The van der Waals surface area contributed by atoms with Crippen LogP contribution in [0.4, 0.5) is 19.0 Å². The average molecular weight is 359 g/mol. The number of carboxylic acid groups (broad SMARTS) is 1. The molecule has 2 fully saturated rings. The standard InChI is InChI=1S/C16H20F3N3O3/c17-16(18,19)12-8-22(7-11(12)15(23)24)13-5-20-6-14(21-13)25-9-10-3-1-2-4-10/h5-6,10-12H,1-4,7-9H2,(H,23,24)/t11-,12-/m1/s1. The van der Waals surface area contributed by atoms with Gasteiger partial charge < -0.3 is 14.7 Å². The molecular formula is C16H20F3N3O3. The van der Waals surface area contributed by atoms with Gasteiger partial charge in [0, 0.05) is 13.1 Å². The second-order valence-corrected chi connectivity index (χ2v) is 6.67. The van der Waals surface area contributed by atoms with Crippen LogP contribution in [0.25, 0.3) is 0 Å². The summed E-state index contributed by atoms with van der Waals surface area (Å²) in [5.41, 5.74) is 0. The fraction of sp³-hybridized carbons (Fsp3) is 0.688. The number of ether oxygens (including phenoxy) is 1. The van der Waals surface area contributed by atoms with Crippen molar-refractivity contribution >= 4 is 11.8 Å². The molecule has 1 aliphatic carbocycles. The van der Waals surface area contributed by atoms with Crippen LogP contribution >= 0.6 is 0 Å². The Bertz CT molecular complexity index is 620. The van der Waals surface area contributed by atoms with E-state index in [0.29, 0.717) is 12.5 Å². The predicted molar refractivity (Wildman–Crippen MR) is 82.4 cm³/mol. The molecule has 0 aromatic carbocycles. The summed E-state index contributed by atoms with van der Waals surface area (Å²) >= 11 is 0. The number of hydrogen-bond donors (Lipinski definition) is 1. The van der Waals surface area contributed by atoms with Crippen LogP contribution in [-0.2, 0) is 4.79 Å². The van der Waals surface area contributed by atoms with Crippen molar-refractivity contribution in [3.05, 3.63) is 12.4 Å². The molecule has 138 valence electrons. The van der Waals surface area contributed by atoms with E-state index in [0.717, 1.165) is 12.8 Å². The Morgan fingerprint density at radius 3 is 2.60 bits per heavy atom. The number of anilines is 1. The SMILES string of the molecule is O=C(O)[C@@H]1CN(c2cncc(OCC3CCCC3)n2)C[C@H]1C(F)(F)F. The van der Waals surface area contributed by atoms with Crippen molar-refractivity contribution in [1.82, 2.24) is 9.97 Å². The van der Waals surface area contributed by atoms with Crippen LogP contribution in [0.5, 0.6) is 5.88 Å². The van der Waals surface area contributed by atoms with Crippen molar-refractivity contribution in [1.29, 1.82) is 0 Å². The summed E-state index contributed by atoms with van der Waals surface area (Å²) in [5, 5.41) is 9.08. The lowest BCUT2D eigenvalue weighted by molar-refractivity contribution is -0.187. The Balaban J connectivity index is 1.69. The summed E-state index contributed by atoms with van der Waals surface area (Å²) in [4.78, 5) is 20.7. The third-order valence-corrected chi connectivity index (χ3v) is 4.92. The van der Waals surface area contributed by atoms with Gasteiger partial charge in [-0.1, -0.05) is 12.8 Å². The summed E-state index contributed by atoms with van der Waals surface area (Å²) in [6, 6.07) is 0. The van der Waals surface area contributed by atoms with Crippen molar-refractivity contribution in [3.63, 3.8) is 0 Å². The normalized spacial score (nSPS) is 24.7. The zero-order valence-corrected chi connectivity index (χ0v) is 13.6. The molecule has 0 spiro atoms. The fourth-order valence-electron chi connectivity index (χ4n) is 3.51. The first kappa shape index (κ1) is 17.8.